The van der Waals surface area contributed by atoms with Gasteiger partial charge in [-0.1, -0.05) is 36.4 Å². The lowest BCUT2D eigenvalue weighted by Gasteiger charge is -2.35. The summed E-state index contributed by atoms with van der Waals surface area (Å²) in [6, 6.07) is 17.4. The van der Waals surface area contributed by atoms with E-state index in [1.54, 1.807) is 6.07 Å². The van der Waals surface area contributed by atoms with E-state index in [1.807, 2.05) is 47.4 Å². The van der Waals surface area contributed by atoms with Crippen LogP contribution in [0.5, 0.6) is 0 Å². The van der Waals surface area contributed by atoms with E-state index in [9.17, 15) is 18.4 Å². The number of hydrogen-bond acceptors (Lipinski definition) is 2. The first-order chi connectivity index (χ1) is 11.5. The van der Waals surface area contributed by atoms with Crippen molar-refractivity contribution in [3.8, 4) is 17.2 Å². The lowest BCUT2D eigenvalue weighted by Crippen LogP contribution is -2.39. The monoisotopic (exact) mass is 330 g/mol. The molecule has 0 aliphatic carbocycles. The quantitative estimate of drug-likeness (QED) is 0.774. The van der Waals surface area contributed by atoms with Crippen LogP contribution in [0, 0.1) is 17.2 Å². The lowest BCUT2D eigenvalue weighted by molar-refractivity contribution is -0.179. The van der Waals surface area contributed by atoms with E-state index in [0.29, 0.717) is 18.7 Å². The highest BCUT2D eigenvalue weighted by Crippen LogP contribution is 2.37. The topological polar surface area (TPSA) is 27.0 Å². The van der Waals surface area contributed by atoms with E-state index in [-0.39, 0.29) is 12.8 Å². The summed E-state index contributed by atoms with van der Waals surface area (Å²) in [5, 5.41) is 9.34. The second-order valence-corrected chi connectivity index (χ2v) is 6.01. The minimum absolute atomic E-state index is 0.0733. The number of halogens is 3. The molecule has 0 amide bonds. The Hall–Kier alpha value is -2.48. The van der Waals surface area contributed by atoms with Gasteiger partial charge in [-0.15, -0.1) is 0 Å². The Labute approximate surface area is 139 Å². The van der Waals surface area contributed by atoms with Crippen LogP contribution in [-0.2, 0) is 0 Å². The zero-order chi connectivity index (χ0) is 17.2. The van der Waals surface area contributed by atoms with Crippen LogP contribution in [-0.4, -0.2) is 19.3 Å². The molecule has 1 saturated heterocycles. The fourth-order valence-corrected chi connectivity index (χ4v) is 3.15. The average Bonchev–Trinajstić information content (AvgIpc) is 2.61. The number of hydrogen-bond donors (Lipinski definition) is 0. The van der Waals surface area contributed by atoms with Crippen LogP contribution in [0.15, 0.2) is 48.5 Å². The Bertz CT molecular complexity index is 739. The predicted octanol–water partition coefficient (Wildman–Crippen LogP) is 5.00. The van der Waals surface area contributed by atoms with E-state index in [0.717, 1.165) is 16.8 Å². The van der Waals surface area contributed by atoms with Crippen LogP contribution in [0.3, 0.4) is 0 Å². The Balaban J connectivity index is 1.87. The van der Waals surface area contributed by atoms with E-state index in [4.69, 9.17) is 0 Å². The molecule has 1 heterocycles. The lowest BCUT2D eigenvalue weighted by atomic mass is 9.94. The molecule has 0 atom stereocenters. The molecule has 0 aromatic heterocycles. The summed E-state index contributed by atoms with van der Waals surface area (Å²) >= 11 is 0. The normalized spacial score (nSPS) is 16.0. The van der Waals surface area contributed by atoms with Crippen molar-refractivity contribution in [1.82, 2.24) is 0 Å². The van der Waals surface area contributed by atoms with Gasteiger partial charge in [0.2, 0.25) is 0 Å². The van der Waals surface area contributed by atoms with Crippen LogP contribution < -0.4 is 4.90 Å². The molecule has 0 N–H and O–H groups in total. The Morgan fingerprint density at radius 1 is 0.958 bits per heavy atom. The number of benzene rings is 2. The first-order valence-corrected chi connectivity index (χ1v) is 7.90. The average molecular weight is 330 g/mol. The largest absolute Gasteiger partial charge is 0.391 e. The molecule has 3 rings (SSSR count). The highest BCUT2D eigenvalue weighted by molar-refractivity contribution is 5.72. The smallest absolute Gasteiger partial charge is 0.370 e. The molecule has 1 fully saturated rings. The van der Waals surface area contributed by atoms with E-state index >= 15 is 0 Å². The number of alkyl halides is 3. The van der Waals surface area contributed by atoms with Gasteiger partial charge in [0.15, 0.2) is 0 Å². The Morgan fingerprint density at radius 3 is 2.21 bits per heavy atom. The summed E-state index contributed by atoms with van der Waals surface area (Å²) < 4.78 is 38.5. The highest BCUT2D eigenvalue weighted by Gasteiger charge is 2.41. The molecule has 0 bridgehead atoms. The fourth-order valence-electron chi connectivity index (χ4n) is 3.15. The molecule has 2 aromatic rings. The summed E-state index contributed by atoms with van der Waals surface area (Å²) in [4.78, 5) is 1.90. The first kappa shape index (κ1) is 16.4. The van der Waals surface area contributed by atoms with Crippen molar-refractivity contribution < 1.29 is 13.2 Å². The Morgan fingerprint density at radius 2 is 1.62 bits per heavy atom. The van der Waals surface area contributed by atoms with Gasteiger partial charge in [-0.05, 0) is 36.1 Å². The molecule has 5 heteroatoms. The number of rotatable bonds is 2. The molecule has 2 aromatic carbocycles. The van der Waals surface area contributed by atoms with E-state index in [1.165, 1.54) is 0 Å². The summed E-state index contributed by atoms with van der Waals surface area (Å²) in [5.74, 6) is -1.24. The van der Waals surface area contributed by atoms with Gasteiger partial charge in [0, 0.05) is 13.1 Å². The molecule has 24 heavy (non-hydrogen) atoms. The highest BCUT2D eigenvalue weighted by atomic mass is 19.4. The third-order valence-corrected chi connectivity index (χ3v) is 4.52. The third-order valence-electron chi connectivity index (χ3n) is 4.52. The fraction of sp³-hybridized carbons (Fsp3) is 0.316. The van der Waals surface area contributed by atoms with Crippen molar-refractivity contribution in [2.75, 3.05) is 18.0 Å². The maximum atomic E-state index is 12.8. The molecular formula is C19H17F3N2. The number of nitrogens with zero attached hydrogens (tertiary/aromatic N) is 2. The van der Waals surface area contributed by atoms with E-state index in [2.05, 4.69) is 6.07 Å². The number of piperidine rings is 1. The van der Waals surface area contributed by atoms with Crippen LogP contribution in [0.1, 0.15) is 18.4 Å². The Kier molecular flexibility index (Phi) is 4.48. The van der Waals surface area contributed by atoms with Gasteiger partial charge < -0.3 is 4.90 Å². The molecule has 0 spiro atoms. The van der Waals surface area contributed by atoms with Crippen molar-refractivity contribution in [2.24, 2.45) is 5.92 Å². The van der Waals surface area contributed by atoms with Crippen LogP contribution >= 0.6 is 0 Å². The first-order valence-electron chi connectivity index (χ1n) is 7.90. The van der Waals surface area contributed by atoms with Gasteiger partial charge >= 0.3 is 6.18 Å². The second kappa shape index (κ2) is 6.56. The molecule has 124 valence electrons. The standard InChI is InChI=1S/C19H17F3N2/c20-19(21,22)17-8-10-24(11-9-17)18-12-15(6-7-16(18)13-23)14-4-2-1-3-5-14/h1-7,12,17H,8-11H2. The van der Waals surface area contributed by atoms with Crippen LogP contribution in [0.2, 0.25) is 0 Å². The third kappa shape index (κ3) is 3.38. The van der Waals surface area contributed by atoms with Crippen molar-refractivity contribution in [3.63, 3.8) is 0 Å². The number of nitriles is 1. The van der Waals surface area contributed by atoms with Crippen molar-refractivity contribution in [2.45, 2.75) is 19.0 Å². The summed E-state index contributed by atoms with van der Waals surface area (Å²) in [5.41, 5.74) is 3.20. The van der Waals surface area contributed by atoms with Gasteiger partial charge in [-0.3, -0.25) is 0 Å². The van der Waals surface area contributed by atoms with Gasteiger partial charge in [-0.25, -0.2) is 0 Å². The maximum absolute atomic E-state index is 12.8. The molecular weight excluding hydrogens is 313 g/mol. The number of anilines is 1. The molecule has 2 nitrogen and oxygen atoms in total. The van der Waals surface area contributed by atoms with E-state index < -0.39 is 12.1 Å². The summed E-state index contributed by atoms with van der Waals surface area (Å²) in [7, 11) is 0. The SMILES string of the molecule is N#Cc1ccc(-c2ccccc2)cc1N1CCC(C(F)(F)F)CC1. The molecule has 1 aliphatic rings. The minimum atomic E-state index is -4.13. The van der Waals surface area contributed by atoms with Gasteiger partial charge in [-0.2, -0.15) is 18.4 Å². The molecule has 0 saturated carbocycles. The van der Waals surface area contributed by atoms with Crippen molar-refractivity contribution in [1.29, 1.82) is 5.26 Å². The van der Waals surface area contributed by atoms with Crippen LogP contribution in [0.4, 0.5) is 18.9 Å². The van der Waals surface area contributed by atoms with Gasteiger partial charge in [0.1, 0.15) is 6.07 Å². The molecule has 0 radical (unpaired) electrons. The molecule has 0 unspecified atom stereocenters. The second-order valence-electron chi connectivity index (χ2n) is 6.01. The van der Waals surface area contributed by atoms with Gasteiger partial charge in [0.05, 0.1) is 17.2 Å². The predicted molar refractivity (Wildman–Crippen MR) is 87.6 cm³/mol. The zero-order valence-corrected chi connectivity index (χ0v) is 13.1. The summed E-state index contributed by atoms with van der Waals surface area (Å²) in [6.45, 7) is 0.633. The maximum Gasteiger partial charge on any atom is 0.391 e. The van der Waals surface area contributed by atoms with Gasteiger partial charge in [0.25, 0.3) is 0 Å². The zero-order valence-electron chi connectivity index (χ0n) is 13.1. The van der Waals surface area contributed by atoms with Crippen LogP contribution in [0.25, 0.3) is 11.1 Å². The summed E-state index contributed by atoms with van der Waals surface area (Å²) in [6.07, 6.45) is -3.98. The van der Waals surface area contributed by atoms with Crippen molar-refractivity contribution in [3.05, 3.63) is 54.1 Å². The minimum Gasteiger partial charge on any atom is -0.370 e. The molecule has 1 aliphatic heterocycles. The van der Waals surface area contributed by atoms with Crippen molar-refractivity contribution >= 4 is 5.69 Å².